The summed E-state index contributed by atoms with van der Waals surface area (Å²) < 4.78 is 5.27. The zero-order chi connectivity index (χ0) is 11.6. The molecule has 1 saturated carbocycles. The fourth-order valence-corrected chi connectivity index (χ4v) is 2.23. The molecule has 0 aromatic rings. The lowest BCUT2D eigenvalue weighted by Gasteiger charge is -2.36. The van der Waals surface area contributed by atoms with Gasteiger partial charge in [-0.3, -0.25) is 4.79 Å². The van der Waals surface area contributed by atoms with Gasteiger partial charge in [-0.05, 0) is 38.5 Å². The minimum Gasteiger partial charge on any atom is -0.381 e. The standard InChI is InChI=1S/C12H22N2O2.ClH/c1-2-14(9-10-3-4-10)11(15)12(13)5-7-16-8-6-12;/h10H,2-9,13H2,1H3;1H. The highest BCUT2D eigenvalue weighted by Crippen LogP contribution is 2.31. The zero-order valence-electron chi connectivity index (χ0n) is 10.5. The third kappa shape index (κ3) is 3.57. The van der Waals surface area contributed by atoms with Gasteiger partial charge < -0.3 is 15.4 Å². The maximum atomic E-state index is 12.4. The molecule has 2 N–H and O–H groups in total. The lowest BCUT2D eigenvalue weighted by atomic mass is 9.89. The molecule has 4 nitrogen and oxygen atoms in total. The summed E-state index contributed by atoms with van der Waals surface area (Å²) in [7, 11) is 0. The van der Waals surface area contributed by atoms with E-state index in [1.165, 1.54) is 12.8 Å². The Morgan fingerprint density at radius 1 is 1.41 bits per heavy atom. The molecule has 1 saturated heterocycles. The Bertz CT molecular complexity index is 263. The van der Waals surface area contributed by atoms with E-state index in [9.17, 15) is 4.79 Å². The molecule has 1 aliphatic carbocycles. The van der Waals surface area contributed by atoms with E-state index >= 15 is 0 Å². The van der Waals surface area contributed by atoms with Gasteiger partial charge in [-0.1, -0.05) is 0 Å². The Morgan fingerprint density at radius 2 is 2.00 bits per heavy atom. The monoisotopic (exact) mass is 262 g/mol. The molecule has 1 aliphatic heterocycles. The smallest absolute Gasteiger partial charge is 0.242 e. The highest BCUT2D eigenvalue weighted by atomic mass is 35.5. The van der Waals surface area contributed by atoms with E-state index in [2.05, 4.69) is 0 Å². The van der Waals surface area contributed by atoms with Crippen molar-refractivity contribution >= 4 is 18.3 Å². The molecule has 0 unspecified atom stereocenters. The van der Waals surface area contributed by atoms with Gasteiger partial charge in [0.05, 0.1) is 5.54 Å². The Labute approximate surface area is 109 Å². The van der Waals surface area contributed by atoms with Crippen molar-refractivity contribution in [3.63, 3.8) is 0 Å². The number of halogens is 1. The van der Waals surface area contributed by atoms with Crippen molar-refractivity contribution in [3.8, 4) is 0 Å². The van der Waals surface area contributed by atoms with E-state index in [0.29, 0.717) is 26.1 Å². The summed E-state index contributed by atoms with van der Waals surface area (Å²) in [6.45, 7) is 4.93. The first kappa shape index (κ1) is 14.7. The molecule has 0 bridgehead atoms. The SMILES string of the molecule is CCN(CC1CC1)C(=O)C1(N)CCOCC1.Cl. The molecule has 2 aliphatic rings. The van der Waals surface area contributed by atoms with E-state index in [1.54, 1.807) is 0 Å². The largest absolute Gasteiger partial charge is 0.381 e. The normalized spacial score (nSPS) is 22.7. The van der Waals surface area contributed by atoms with Crippen molar-refractivity contribution in [1.29, 1.82) is 0 Å². The van der Waals surface area contributed by atoms with Gasteiger partial charge in [-0.25, -0.2) is 0 Å². The van der Waals surface area contributed by atoms with Gasteiger partial charge in [0.25, 0.3) is 0 Å². The van der Waals surface area contributed by atoms with Crippen molar-refractivity contribution in [3.05, 3.63) is 0 Å². The van der Waals surface area contributed by atoms with Gasteiger partial charge in [-0.15, -0.1) is 12.4 Å². The Balaban J connectivity index is 0.00000144. The average molecular weight is 263 g/mol. The second-order valence-electron chi connectivity index (χ2n) is 5.06. The minimum absolute atomic E-state index is 0. The number of carbonyl (C=O) groups excluding carboxylic acids is 1. The Kier molecular flexibility index (Phi) is 5.22. The summed E-state index contributed by atoms with van der Waals surface area (Å²) in [5.74, 6) is 0.859. The summed E-state index contributed by atoms with van der Waals surface area (Å²) in [6, 6.07) is 0. The maximum Gasteiger partial charge on any atom is 0.242 e. The third-order valence-corrected chi connectivity index (χ3v) is 3.66. The molecule has 0 aromatic heterocycles. The molecular weight excluding hydrogens is 240 g/mol. The van der Waals surface area contributed by atoms with E-state index < -0.39 is 5.54 Å². The van der Waals surface area contributed by atoms with Crippen LogP contribution in [0.3, 0.4) is 0 Å². The molecule has 1 heterocycles. The summed E-state index contributed by atoms with van der Waals surface area (Å²) in [4.78, 5) is 14.3. The summed E-state index contributed by atoms with van der Waals surface area (Å²) in [5.41, 5.74) is 5.54. The van der Waals surface area contributed by atoms with Crippen molar-refractivity contribution in [2.24, 2.45) is 11.7 Å². The molecule has 0 radical (unpaired) electrons. The van der Waals surface area contributed by atoms with Crippen LogP contribution < -0.4 is 5.73 Å². The van der Waals surface area contributed by atoms with Crippen LogP contribution in [-0.4, -0.2) is 42.6 Å². The van der Waals surface area contributed by atoms with Crippen molar-refractivity contribution < 1.29 is 9.53 Å². The molecule has 0 atom stereocenters. The predicted octanol–water partition coefficient (Wildman–Crippen LogP) is 1.17. The Morgan fingerprint density at radius 3 is 2.47 bits per heavy atom. The van der Waals surface area contributed by atoms with E-state index in [1.807, 2.05) is 11.8 Å². The summed E-state index contributed by atoms with van der Waals surface area (Å²) in [6.07, 6.45) is 3.86. The molecule has 1 amide bonds. The quantitative estimate of drug-likeness (QED) is 0.828. The molecular formula is C12H23ClN2O2. The number of nitrogens with two attached hydrogens (primary N) is 1. The van der Waals surface area contributed by atoms with Crippen LogP contribution in [0.25, 0.3) is 0 Å². The van der Waals surface area contributed by atoms with Gasteiger partial charge in [0, 0.05) is 26.3 Å². The fourth-order valence-electron chi connectivity index (χ4n) is 2.23. The predicted molar refractivity (Wildman–Crippen MR) is 69.2 cm³/mol. The van der Waals surface area contributed by atoms with Crippen molar-refractivity contribution in [2.75, 3.05) is 26.3 Å². The van der Waals surface area contributed by atoms with Crippen molar-refractivity contribution in [1.82, 2.24) is 4.90 Å². The van der Waals surface area contributed by atoms with Crippen LogP contribution in [0.4, 0.5) is 0 Å². The number of ether oxygens (including phenoxy) is 1. The first-order chi connectivity index (χ1) is 7.65. The summed E-state index contributed by atoms with van der Waals surface area (Å²) in [5, 5.41) is 0. The van der Waals surface area contributed by atoms with Crippen molar-refractivity contribution in [2.45, 2.75) is 38.1 Å². The van der Waals surface area contributed by atoms with Crippen LogP contribution in [0, 0.1) is 5.92 Å². The van der Waals surface area contributed by atoms with Gasteiger partial charge in [-0.2, -0.15) is 0 Å². The lowest BCUT2D eigenvalue weighted by Crippen LogP contribution is -2.58. The molecule has 2 rings (SSSR count). The number of hydrogen-bond donors (Lipinski definition) is 1. The number of nitrogens with zero attached hydrogens (tertiary/aromatic N) is 1. The van der Waals surface area contributed by atoms with Gasteiger partial charge in [0.15, 0.2) is 0 Å². The third-order valence-electron chi connectivity index (χ3n) is 3.66. The highest BCUT2D eigenvalue weighted by molar-refractivity contribution is 5.86. The van der Waals surface area contributed by atoms with Gasteiger partial charge >= 0.3 is 0 Å². The van der Waals surface area contributed by atoms with Gasteiger partial charge in [0.2, 0.25) is 5.91 Å². The number of rotatable bonds is 4. The maximum absolute atomic E-state index is 12.4. The Hall–Kier alpha value is -0.320. The zero-order valence-corrected chi connectivity index (χ0v) is 11.3. The van der Waals surface area contributed by atoms with E-state index in [-0.39, 0.29) is 18.3 Å². The molecule has 5 heteroatoms. The first-order valence-electron chi connectivity index (χ1n) is 6.32. The van der Waals surface area contributed by atoms with E-state index in [4.69, 9.17) is 10.5 Å². The van der Waals surface area contributed by atoms with Crippen LogP contribution >= 0.6 is 12.4 Å². The molecule has 0 aromatic carbocycles. The molecule has 0 spiro atoms. The topological polar surface area (TPSA) is 55.6 Å². The summed E-state index contributed by atoms with van der Waals surface area (Å²) >= 11 is 0. The van der Waals surface area contributed by atoms with Crippen LogP contribution in [0.15, 0.2) is 0 Å². The van der Waals surface area contributed by atoms with Gasteiger partial charge in [0.1, 0.15) is 0 Å². The highest BCUT2D eigenvalue weighted by Gasteiger charge is 2.39. The van der Waals surface area contributed by atoms with Crippen LogP contribution in [0.2, 0.25) is 0 Å². The average Bonchev–Trinajstić information content (AvgIpc) is 3.10. The second kappa shape index (κ2) is 6.03. The van der Waals surface area contributed by atoms with Crippen LogP contribution in [0.5, 0.6) is 0 Å². The number of amides is 1. The number of likely N-dealkylation sites (N-methyl/N-ethyl adjacent to an activating group) is 1. The number of carbonyl (C=O) groups is 1. The lowest BCUT2D eigenvalue weighted by molar-refractivity contribution is -0.140. The molecule has 100 valence electrons. The van der Waals surface area contributed by atoms with Crippen LogP contribution in [0.1, 0.15) is 32.6 Å². The first-order valence-corrected chi connectivity index (χ1v) is 6.32. The fraction of sp³-hybridized carbons (Fsp3) is 0.917. The molecule has 17 heavy (non-hydrogen) atoms. The molecule has 2 fully saturated rings. The van der Waals surface area contributed by atoms with Crippen LogP contribution in [-0.2, 0) is 9.53 Å². The van der Waals surface area contributed by atoms with E-state index in [0.717, 1.165) is 19.0 Å². The second-order valence-corrected chi connectivity index (χ2v) is 5.06. The number of hydrogen-bond acceptors (Lipinski definition) is 3. The minimum atomic E-state index is -0.664.